The molecule has 4 aromatic rings. The van der Waals surface area contributed by atoms with E-state index in [9.17, 15) is 23.1 Å². The Balaban J connectivity index is 1.93. The number of allylic oxidation sites excluding steroid dienone is 1. The number of alkyl halides is 3. The normalized spacial score (nSPS) is 12.5. The summed E-state index contributed by atoms with van der Waals surface area (Å²) in [5.41, 5.74) is 2.44. The molecule has 2 heterocycles. The molecule has 0 fully saturated rings. The molecule has 0 bridgehead atoms. The third-order valence-electron chi connectivity index (χ3n) is 5.55. The van der Waals surface area contributed by atoms with Crippen molar-refractivity contribution in [2.24, 2.45) is 0 Å². The molecule has 0 radical (unpaired) electrons. The van der Waals surface area contributed by atoms with Crippen molar-refractivity contribution in [2.45, 2.75) is 25.4 Å². The Hall–Kier alpha value is -4.00. The maximum absolute atomic E-state index is 13.0. The topological polar surface area (TPSA) is 63.1 Å². The van der Waals surface area contributed by atoms with Crippen molar-refractivity contribution in [3.05, 3.63) is 96.3 Å². The molecule has 0 saturated carbocycles. The van der Waals surface area contributed by atoms with Crippen molar-refractivity contribution in [3.8, 4) is 22.5 Å². The van der Waals surface area contributed by atoms with E-state index in [2.05, 4.69) is 11.6 Å². The van der Waals surface area contributed by atoms with Crippen LogP contribution in [-0.4, -0.2) is 21.0 Å². The number of pyridine rings is 2. The van der Waals surface area contributed by atoms with E-state index in [1.807, 2.05) is 24.3 Å². The smallest absolute Gasteiger partial charge is 0.416 e. The van der Waals surface area contributed by atoms with E-state index in [4.69, 9.17) is 4.98 Å². The van der Waals surface area contributed by atoms with Gasteiger partial charge in [-0.2, -0.15) is 13.2 Å². The average molecular weight is 462 g/mol. The van der Waals surface area contributed by atoms with Gasteiger partial charge in [0.2, 0.25) is 0 Å². The van der Waals surface area contributed by atoms with Crippen LogP contribution in [0.1, 0.15) is 30.4 Å². The Morgan fingerprint density at radius 1 is 1.03 bits per heavy atom. The van der Waals surface area contributed by atoms with E-state index in [-0.39, 0.29) is 6.42 Å². The minimum Gasteiger partial charge on any atom is -0.481 e. The van der Waals surface area contributed by atoms with Crippen molar-refractivity contribution >= 4 is 16.7 Å². The molecule has 0 spiro atoms. The van der Waals surface area contributed by atoms with Gasteiger partial charge >= 0.3 is 12.1 Å². The quantitative estimate of drug-likeness (QED) is 0.310. The molecule has 0 aliphatic carbocycles. The van der Waals surface area contributed by atoms with Crippen LogP contribution in [-0.2, 0) is 11.0 Å². The number of benzene rings is 2. The molecule has 0 saturated heterocycles. The Labute approximate surface area is 194 Å². The van der Waals surface area contributed by atoms with Crippen molar-refractivity contribution < 1.29 is 23.1 Å². The van der Waals surface area contributed by atoms with E-state index in [1.54, 1.807) is 31.5 Å². The van der Waals surface area contributed by atoms with Crippen LogP contribution in [0.3, 0.4) is 0 Å². The molecule has 4 rings (SSSR count). The number of hydrogen-bond donors (Lipinski definition) is 1. The second-order valence-electron chi connectivity index (χ2n) is 8.21. The van der Waals surface area contributed by atoms with Crippen molar-refractivity contribution in [3.63, 3.8) is 0 Å². The lowest BCUT2D eigenvalue weighted by Gasteiger charge is -2.17. The minimum absolute atomic E-state index is 0.221. The van der Waals surface area contributed by atoms with Gasteiger partial charge in [-0.15, -0.1) is 6.58 Å². The van der Waals surface area contributed by atoms with Gasteiger partial charge in [-0.1, -0.05) is 42.0 Å². The standard InChI is InChI=1S/C27H21F3N2O2/c1-16(2)11-22(26(33)34)19-12-24(17-7-9-20(10-8-17)27(28,29)30)32-25(13-19)23-15-31-14-18-5-3-4-6-21(18)23/h3-10,12-15,22H,1,11H2,2H3,(H,33,34). The van der Waals surface area contributed by atoms with E-state index >= 15 is 0 Å². The zero-order chi connectivity index (χ0) is 24.5. The fourth-order valence-corrected chi connectivity index (χ4v) is 3.89. The van der Waals surface area contributed by atoms with Gasteiger partial charge in [0.05, 0.1) is 22.9 Å². The van der Waals surface area contributed by atoms with Crippen molar-refractivity contribution in [1.29, 1.82) is 0 Å². The Morgan fingerprint density at radius 2 is 1.71 bits per heavy atom. The van der Waals surface area contributed by atoms with Crippen LogP contribution in [0.25, 0.3) is 33.3 Å². The maximum Gasteiger partial charge on any atom is 0.416 e. The summed E-state index contributed by atoms with van der Waals surface area (Å²) in [5.74, 6) is -1.90. The third-order valence-corrected chi connectivity index (χ3v) is 5.55. The molecule has 2 aromatic carbocycles. The first-order valence-electron chi connectivity index (χ1n) is 10.5. The molecule has 0 amide bonds. The number of hydrogen-bond acceptors (Lipinski definition) is 3. The summed E-state index contributed by atoms with van der Waals surface area (Å²) in [4.78, 5) is 21.1. The largest absolute Gasteiger partial charge is 0.481 e. The molecule has 4 nitrogen and oxygen atoms in total. The number of halogens is 3. The highest BCUT2D eigenvalue weighted by Crippen LogP contribution is 2.35. The van der Waals surface area contributed by atoms with E-state index in [1.165, 1.54) is 12.1 Å². The molecule has 1 unspecified atom stereocenters. The van der Waals surface area contributed by atoms with Crippen LogP contribution in [0.5, 0.6) is 0 Å². The molecule has 34 heavy (non-hydrogen) atoms. The lowest BCUT2D eigenvalue weighted by Crippen LogP contribution is -2.13. The Kier molecular flexibility index (Phi) is 6.20. The lowest BCUT2D eigenvalue weighted by molar-refractivity contribution is -0.139. The monoisotopic (exact) mass is 462 g/mol. The number of aromatic nitrogens is 2. The predicted octanol–water partition coefficient (Wildman–Crippen LogP) is 7.12. The van der Waals surface area contributed by atoms with Gasteiger partial charge in [-0.25, -0.2) is 4.98 Å². The predicted molar refractivity (Wildman–Crippen MR) is 125 cm³/mol. The fraction of sp³-hybridized carbons (Fsp3) is 0.148. The molecule has 1 atom stereocenters. The van der Waals surface area contributed by atoms with Crippen LogP contribution in [0.2, 0.25) is 0 Å². The number of aliphatic carboxylic acids is 1. The average Bonchev–Trinajstić information content (AvgIpc) is 2.81. The summed E-state index contributed by atoms with van der Waals surface area (Å²) in [6, 6.07) is 15.6. The summed E-state index contributed by atoms with van der Waals surface area (Å²) < 4.78 is 39.1. The molecular formula is C27H21F3N2O2. The number of fused-ring (bicyclic) bond motifs is 1. The van der Waals surface area contributed by atoms with E-state index in [0.29, 0.717) is 33.7 Å². The first kappa shape index (κ1) is 23.2. The maximum atomic E-state index is 13.0. The van der Waals surface area contributed by atoms with Gasteiger partial charge in [-0.3, -0.25) is 9.78 Å². The van der Waals surface area contributed by atoms with Crippen molar-refractivity contribution in [2.75, 3.05) is 0 Å². The van der Waals surface area contributed by atoms with Gasteiger partial charge in [0.25, 0.3) is 0 Å². The van der Waals surface area contributed by atoms with Gasteiger partial charge in [-0.05, 0) is 48.6 Å². The zero-order valence-electron chi connectivity index (χ0n) is 18.3. The van der Waals surface area contributed by atoms with Crippen LogP contribution >= 0.6 is 0 Å². The van der Waals surface area contributed by atoms with Crippen LogP contribution in [0.4, 0.5) is 13.2 Å². The van der Waals surface area contributed by atoms with Gasteiger partial charge < -0.3 is 5.11 Å². The highest BCUT2D eigenvalue weighted by molar-refractivity contribution is 5.95. The number of nitrogens with zero attached hydrogens (tertiary/aromatic N) is 2. The molecular weight excluding hydrogens is 441 g/mol. The van der Waals surface area contributed by atoms with E-state index in [0.717, 1.165) is 22.9 Å². The van der Waals surface area contributed by atoms with Gasteiger partial charge in [0.1, 0.15) is 0 Å². The Bertz CT molecular complexity index is 1370. The van der Waals surface area contributed by atoms with Crippen molar-refractivity contribution in [1.82, 2.24) is 9.97 Å². The number of carboxylic acids is 1. The second kappa shape index (κ2) is 9.09. The SMILES string of the molecule is C=C(C)CC(C(=O)O)c1cc(-c2ccc(C(F)(F)F)cc2)nc(-c2cncc3ccccc23)c1. The first-order chi connectivity index (χ1) is 16.1. The van der Waals surface area contributed by atoms with Crippen LogP contribution < -0.4 is 0 Å². The summed E-state index contributed by atoms with van der Waals surface area (Å²) in [7, 11) is 0. The highest BCUT2D eigenvalue weighted by Gasteiger charge is 2.30. The summed E-state index contributed by atoms with van der Waals surface area (Å²) >= 11 is 0. The van der Waals surface area contributed by atoms with Gasteiger partial charge in [0, 0.05) is 28.9 Å². The van der Waals surface area contributed by atoms with Crippen LogP contribution in [0.15, 0.2) is 85.2 Å². The molecule has 1 N–H and O–H groups in total. The third kappa shape index (κ3) is 4.83. The summed E-state index contributed by atoms with van der Waals surface area (Å²) in [6.45, 7) is 5.60. The summed E-state index contributed by atoms with van der Waals surface area (Å²) in [5, 5.41) is 11.7. The number of rotatable bonds is 6. The minimum atomic E-state index is -4.45. The van der Waals surface area contributed by atoms with E-state index < -0.39 is 23.6 Å². The molecule has 172 valence electrons. The highest BCUT2D eigenvalue weighted by atomic mass is 19.4. The molecule has 2 aromatic heterocycles. The second-order valence-corrected chi connectivity index (χ2v) is 8.21. The molecule has 0 aliphatic heterocycles. The zero-order valence-corrected chi connectivity index (χ0v) is 18.3. The number of carboxylic acid groups (broad SMARTS) is 1. The number of carbonyl (C=O) groups is 1. The van der Waals surface area contributed by atoms with Crippen LogP contribution in [0, 0.1) is 0 Å². The fourth-order valence-electron chi connectivity index (χ4n) is 3.89. The molecule has 0 aliphatic rings. The van der Waals surface area contributed by atoms with Gasteiger partial charge in [0.15, 0.2) is 0 Å². The first-order valence-corrected chi connectivity index (χ1v) is 10.5. The lowest BCUT2D eigenvalue weighted by atomic mass is 9.90. The molecule has 7 heteroatoms. The Morgan fingerprint density at radius 3 is 2.35 bits per heavy atom. The summed E-state index contributed by atoms with van der Waals surface area (Å²) in [6.07, 6.45) is -0.859.